The van der Waals surface area contributed by atoms with Crippen molar-refractivity contribution in [3.05, 3.63) is 64.7 Å². The number of rotatable bonds is 2. The van der Waals surface area contributed by atoms with Crippen molar-refractivity contribution in [2.45, 2.75) is 32.5 Å². The van der Waals surface area contributed by atoms with Crippen LogP contribution in [0.3, 0.4) is 0 Å². The summed E-state index contributed by atoms with van der Waals surface area (Å²) >= 11 is 6.00. The summed E-state index contributed by atoms with van der Waals surface area (Å²) in [5.74, 6) is 1.35. The van der Waals surface area contributed by atoms with E-state index in [1.165, 1.54) is 5.56 Å². The van der Waals surface area contributed by atoms with E-state index in [1.807, 2.05) is 30.3 Å². The SMILES string of the molecule is CC(C)[C@@H]1Oc2ccccc2[C@H]2CC(c3ccc(Cl)cc3)=NN21. The second kappa shape index (κ2) is 5.57. The Labute approximate surface area is 141 Å². The van der Waals surface area contributed by atoms with Gasteiger partial charge in [0, 0.05) is 22.9 Å². The lowest BCUT2D eigenvalue weighted by atomic mass is 9.95. The molecule has 0 fully saturated rings. The predicted molar refractivity (Wildman–Crippen MR) is 92.9 cm³/mol. The van der Waals surface area contributed by atoms with Gasteiger partial charge in [-0.2, -0.15) is 5.10 Å². The molecule has 23 heavy (non-hydrogen) atoms. The van der Waals surface area contributed by atoms with Crippen LogP contribution in [0.4, 0.5) is 0 Å². The van der Waals surface area contributed by atoms with E-state index < -0.39 is 0 Å². The number of fused-ring (bicyclic) bond motifs is 3. The molecule has 0 saturated heterocycles. The smallest absolute Gasteiger partial charge is 0.190 e. The van der Waals surface area contributed by atoms with E-state index in [9.17, 15) is 0 Å². The Morgan fingerprint density at radius 3 is 2.61 bits per heavy atom. The summed E-state index contributed by atoms with van der Waals surface area (Å²) < 4.78 is 6.21. The zero-order chi connectivity index (χ0) is 16.0. The third kappa shape index (κ3) is 2.49. The predicted octanol–water partition coefficient (Wildman–Crippen LogP) is 4.87. The summed E-state index contributed by atoms with van der Waals surface area (Å²) in [6.07, 6.45) is 0.866. The molecule has 0 bridgehead atoms. The van der Waals surface area contributed by atoms with Crippen molar-refractivity contribution < 1.29 is 4.74 Å². The van der Waals surface area contributed by atoms with Crippen LogP contribution in [-0.2, 0) is 0 Å². The molecular formula is C19H19ClN2O. The summed E-state index contributed by atoms with van der Waals surface area (Å²) in [5, 5.41) is 7.78. The van der Waals surface area contributed by atoms with E-state index >= 15 is 0 Å². The summed E-state index contributed by atoms with van der Waals surface area (Å²) in [4.78, 5) is 0. The Bertz CT molecular complexity index is 754. The molecule has 3 nitrogen and oxygen atoms in total. The molecule has 0 amide bonds. The highest BCUT2D eigenvalue weighted by molar-refractivity contribution is 6.30. The van der Waals surface area contributed by atoms with Gasteiger partial charge in [0.25, 0.3) is 0 Å². The van der Waals surface area contributed by atoms with Gasteiger partial charge >= 0.3 is 0 Å². The van der Waals surface area contributed by atoms with Gasteiger partial charge in [-0.25, -0.2) is 5.01 Å². The fraction of sp³-hybridized carbons (Fsp3) is 0.316. The van der Waals surface area contributed by atoms with Gasteiger partial charge in [0.1, 0.15) is 5.75 Å². The lowest BCUT2D eigenvalue weighted by Crippen LogP contribution is -2.43. The molecule has 0 N–H and O–H groups in total. The Kier molecular flexibility index (Phi) is 3.53. The molecule has 4 rings (SSSR count). The minimum atomic E-state index is -0.0281. The molecule has 2 aliphatic heterocycles. The minimum Gasteiger partial charge on any atom is -0.468 e. The summed E-state index contributed by atoms with van der Waals surface area (Å²) in [5.41, 5.74) is 3.44. The van der Waals surface area contributed by atoms with Crippen LogP contribution >= 0.6 is 11.6 Å². The number of halogens is 1. The van der Waals surface area contributed by atoms with Gasteiger partial charge in [0.2, 0.25) is 0 Å². The van der Waals surface area contributed by atoms with Crippen LogP contribution in [-0.4, -0.2) is 16.9 Å². The zero-order valence-corrected chi connectivity index (χ0v) is 14.0. The van der Waals surface area contributed by atoms with Crippen molar-refractivity contribution in [3.8, 4) is 5.75 Å². The molecule has 0 unspecified atom stereocenters. The lowest BCUT2D eigenvalue weighted by Gasteiger charge is -2.39. The number of hydrogen-bond acceptors (Lipinski definition) is 3. The van der Waals surface area contributed by atoms with Gasteiger partial charge in [-0.15, -0.1) is 0 Å². The molecule has 0 saturated carbocycles. The molecule has 2 aromatic carbocycles. The van der Waals surface area contributed by atoms with E-state index in [2.05, 4.69) is 37.1 Å². The molecule has 4 heteroatoms. The first-order valence-electron chi connectivity index (χ1n) is 8.01. The molecule has 2 aromatic rings. The van der Waals surface area contributed by atoms with E-state index in [0.717, 1.165) is 28.5 Å². The maximum absolute atomic E-state index is 6.21. The molecule has 118 valence electrons. The highest BCUT2D eigenvalue weighted by Crippen LogP contribution is 2.44. The summed E-state index contributed by atoms with van der Waals surface area (Å²) in [7, 11) is 0. The Balaban J connectivity index is 1.74. The third-order valence-corrected chi connectivity index (χ3v) is 4.73. The highest BCUT2D eigenvalue weighted by atomic mass is 35.5. The molecule has 0 aromatic heterocycles. The van der Waals surface area contributed by atoms with Gasteiger partial charge < -0.3 is 4.74 Å². The molecule has 2 atom stereocenters. The van der Waals surface area contributed by atoms with Crippen LogP contribution in [0.15, 0.2) is 53.6 Å². The normalized spacial score (nSPS) is 22.4. The molecule has 0 aliphatic carbocycles. The van der Waals surface area contributed by atoms with Gasteiger partial charge in [-0.1, -0.05) is 55.8 Å². The van der Waals surface area contributed by atoms with Gasteiger partial charge in [-0.3, -0.25) is 0 Å². The van der Waals surface area contributed by atoms with E-state index in [-0.39, 0.29) is 12.3 Å². The van der Waals surface area contributed by atoms with Crippen LogP contribution in [0.2, 0.25) is 5.02 Å². The van der Waals surface area contributed by atoms with Crippen molar-refractivity contribution in [3.63, 3.8) is 0 Å². The number of ether oxygens (including phenoxy) is 1. The zero-order valence-electron chi connectivity index (χ0n) is 13.2. The molecule has 2 heterocycles. The quantitative estimate of drug-likeness (QED) is 0.786. The number of hydrogen-bond donors (Lipinski definition) is 0. The molecule has 0 spiro atoms. The van der Waals surface area contributed by atoms with Crippen molar-refractivity contribution in [1.82, 2.24) is 5.01 Å². The Hall–Kier alpha value is -2.00. The van der Waals surface area contributed by atoms with E-state index in [4.69, 9.17) is 21.4 Å². The van der Waals surface area contributed by atoms with Crippen LogP contribution in [0.25, 0.3) is 0 Å². The average molecular weight is 327 g/mol. The molecule has 2 aliphatic rings. The van der Waals surface area contributed by atoms with Crippen molar-refractivity contribution in [1.29, 1.82) is 0 Å². The summed E-state index contributed by atoms with van der Waals surface area (Å²) in [6, 6.07) is 16.5. The van der Waals surface area contributed by atoms with Crippen molar-refractivity contribution >= 4 is 17.3 Å². The second-order valence-corrected chi connectivity index (χ2v) is 6.88. The first kappa shape index (κ1) is 14.6. The highest BCUT2D eigenvalue weighted by Gasteiger charge is 2.41. The van der Waals surface area contributed by atoms with Crippen molar-refractivity contribution in [2.75, 3.05) is 0 Å². The van der Waals surface area contributed by atoms with Gasteiger partial charge in [-0.05, 0) is 23.8 Å². The number of nitrogens with zero attached hydrogens (tertiary/aromatic N) is 2. The van der Waals surface area contributed by atoms with E-state index in [1.54, 1.807) is 0 Å². The number of hydrazone groups is 1. The largest absolute Gasteiger partial charge is 0.468 e. The number of benzene rings is 2. The molecular weight excluding hydrogens is 308 g/mol. The Morgan fingerprint density at radius 1 is 1.13 bits per heavy atom. The van der Waals surface area contributed by atoms with Crippen LogP contribution in [0, 0.1) is 5.92 Å². The fourth-order valence-electron chi connectivity index (χ4n) is 3.32. The van der Waals surface area contributed by atoms with Gasteiger partial charge in [0.15, 0.2) is 6.23 Å². The van der Waals surface area contributed by atoms with Crippen molar-refractivity contribution in [2.24, 2.45) is 11.0 Å². The summed E-state index contributed by atoms with van der Waals surface area (Å²) in [6.45, 7) is 4.34. The van der Waals surface area contributed by atoms with Crippen LogP contribution in [0.1, 0.15) is 37.4 Å². The third-order valence-electron chi connectivity index (χ3n) is 4.48. The standard InChI is InChI=1S/C19H19ClN2O/c1-12(2)19-22-17(15-5-3-4-6-18(15)23-19)11-16(21-22)13-7-9-14(20)10-8-13/h3-10,12,17,19H,11H2,1-2H3/t17-,19+/m1/s1. The maximum atomic E-state index is 6.21. The molecule has 0 radical (unpaired) electrons. The minimum absolute atomic E-state index is 0.0281. The monoisotopic (exact) mass is 326 g/mol. The van der Waals surface area contributed by atoms with Crippen LogP contribution in [0.5, 0.6) is 5.75 Å². The first-order valence-corrected chi connectivity index (χ1v) is 8.38. The Morgan fingerprint density at radius 2 is 1.87 bits per heavy atom. The maximum Gasteiger partial charge on any atom is 0.190 e. The second-order valence-electron chi connectivity index (χ2n) is 6.44. The lowest BCUT2D eigenvalue weighted by molar-refractivity contribution is -0.0461. The first-order chi connectivity index (χ1) is 11.1. The average Bonchev–Trinajstić information content (AvgIpc) is 3.00. The fourth-order valence-corrected chi connectivity index (χ4v) is 3.45. The topological polar surface area (TPSA) is 24.8 Å². The van der Waals surface area contributed by atoms with E-state index in [0.29, 0.717) is 5.92 Å². The number of para-hydroxylation sites is 1. The van der Waals surface area contributed by atoms with Crippen LogP contribution < -0.4 is 4.74 Å². The van der Waals surface area contributed by atoms with Gasteiger partial charge in [0.05, 0.1) is 11.8 Å².